The van der Waals surface area contributed by atoms with Gasteiger partial charge < -0.3 is 19.9 Å². The number of aromatic amines is 1. The zero-order valence-corrected chi connectivity index (χ0v) is 14.4. The summed E-state index contributed by atoms with van der Waals surface area (Å²) in [6.45, 7) is 2.05. The molecular formula is C18H23N5O2. The lowest BCUT2D eigenvalue weighted by molar-refractivity contribution is -0.131. The van der Waals surface area contributed by atoms with Crippen LogP contribution in [-0.2, 0) is 16.0 Å². The molecule has 7 heteroatoms. The zero-order chi connectivity index (χ0) is 17.6. The molecule has 1 amide bonds. The number of aromatic nitrogens is 3. The van der Waals surface area contributed by atoms with E-state index in [4.69, 9.17) is 11.2 Å². The maximum Gasteiger partial charge on any atom is 0.234 e. The molecule has 0 spiro atoms. The van der Waals surface area contributed by atoms with Crippen molar-refractivity contribution in [1.29, 1.82) is 0 Å². The number of anilines is 1. The Hall–Kier alpha value is -2.59. The van der Waals surface area contributed by atoms with Crippen molar-refractivity contribution in [3.8, 4) is 12.3 Å². The van der Waals surface area contributed by atoms with E-state index in [2.05, 4.69) is 26.2 Å². The number of nitrogens with zero attached hydrogens (tertiary/aromatic N) is 3. The van der Waals surface area contributed by atoms with Crippen molar-refractivity contribution in [2.75, 3.05) is 32.1 Å². The van der Waals surface area contributed by atoms with Crippen molar-refractivity contribution >= 4 is 22.8 Å². The first-order valence-electron chi connectivity index (χ1n) is 8.50. The molecule has 2 aromatic heterocycles. The van der Waals surface area contributed by atoms with E-state index in [1.807, 2.05) is 11.1 Å². The number of likely N-dealkylation sites (tertiary alicyclic amines) is 1. The Labute approximate surface area is 147 Å². The number of hydrogen-bond donors (Lipinski definition) is 2. The minimum Gasteiger partial charge on any atom is -0.384 e. The van der Waals surface area contributed by atoms with Crippen LogP contribution < -0.4 is 5.32 Å². The van der Waals surface area contributed by atoms with Gasteiger partial charge in [-0.2, -0.15) is 0 Å². The van der Waals surface area contributed by atoms with Gasteiger partial charge in [-0.15, -0.1) is 6.42 Å². The van der Waals surface area contributed by atoms with Crippen LogP contribution in [0.3, 0.4) is 0 Å². The molecule has 1 saturated heterocycles. The van der Waals surface area contributed by atoms with E-state index < -0.39 is 0 Å². The van der Waals surface area contributed by atoms with Crippen molar-refractivity contribution in [2.24, 2.45) is 0 Å². The monoisotopic (exact) mass is 341 g/mol. The molecule has 1 fully saturated rings. The number of ether oxygens (including phenoxy) is 1. The highest BCUT2D eigenvalue weighted by molar-refractivity contribution is 5.90. The number of carbonyl (C=O) groups is 1. The molecule has 0 saturated carbocycles. The van der Waals surface area contributed by atoms with Gasteiger partial charge in [-0.05, 0) is 24.8 Å². The Morgan fingerprint density at radius 3 is 3.24 bits per heavy atom. The maximum absolute atomic E-state index is 12.1. The molecule has 3 rings (SSSR count). The molecule has 25 heavy (non-hydrogen) atoms. The van der Waals surface area contributed by atoms with Crippen LogP contribution in [0.1, 0.15) is 24.8 Å². The highest BCUT2D eigenvalue weighted by atomic mass is 16.5. The second-order valence-electron chi connectivity index (χ2n) is 6.21. The summed E-state index contributed by atoms with van der Waals surface area (Å²) < 4.78 is 5.18. The van der Waals surface area contributed by atoms with E-state index in [1.54, 1.807) is 13.4 Å². The summed E-state index contributed by atoms with van der Waals surface area (Å²) in [6, 6.07) is 0.152. The highest BCUT2D eigenvalue weighted by Gasteiger charge is 2.24. The lowest BCUT2D eigenvalue weighted by Crippen LogP contribution is -2.45. The largest absolute Gasteiger partial charge is 0.384 e. The third-order valence-electron chi connectivity index (χ3n) is 4.50. The van der Waals surface area contributed by atoms with Crippen LogP contribution in [0.4, 0.5) is 5.82 Å². The van der Waals surface area contributed by atoms with Gasteiger partial charge in [0.2, 0.25) is 5.91 Å². The molecule has 0 radical (unpaired) electrons. The fourth-order valence-corrected chi connectivity index (χ4v) is 3.26. The first kappa shape index (κ1) is 17.2. The third kappa shape index (κ3) is 3.91. The average Bonchev–Trinajstić information content (AvgIpc) is 3.04. The van der Waals surface area contributed by atoms with E-state index in [9.17, 15) is 4.79 Å². The molecule has 0 aliphatic carbocycles. The Morgan fingerprint density at radius 1 is 1.56 bits per heavy atom. The Morgan fingerprint density at radius 2 is 2.44 bits per heavy atom. The predicted molar refractivity (Wildman–Crippen MR) is 96.1 cm³/mol. The third-order valence-corrected chi connectivity index (χ3v) is 4.50. The number of carbonyl (C=O) groups excluding carboxylic acids is 1. The highest BCUT2D eigenvalue weighted by Crippen LogP contribution is 2.25. The smallest absolute Gasteiger partial charge is 0.234 e. The molecule has 2 N–H and O–H groups in total. The molecular weight excluding hydrogens is 318 g/mol. The molecule has 2 aromatic rings. The summed E-state index contributed by atoms with van der Waals surface area (Å²) in [5.41, 5.74) is 1.93. The number of amides is 1. The number of methoxy groups -OCH3 is 1. The molecule has 0 unspecified atom stereocenters. The topological polar surface area (TPSA) is 83.1 Å². The Bertz CT molecular complexity index is 779. The molecule has 132 valence electrons. The molecule has 1 atom stereocenters. The van der Waals surface area contributed by atoms with Crippen molar-refractivity contribution in [3.05, 3.63) is 18.1 Å². The van der Waals surface area contributed by atoms with Crippen molar-refractivity contribution < 1.29 is 9.53 Å². The number of fused-ring (bicyclic) bond motifs is 1. The van der Waals surface area contributed by atoms with E-state index in [1.165, 1.54) is 0 Å². The zero-order valence-electron chi connectivity index (χ0n) is 14.4. The van der Waals surface area contributed by atoms with Gasteiger partial charge in [-0.3, -0.25) is 4.79 Å². The molecule has 0 aromatic carbocycles. The van der Waals surface area contributed by atoms with Crippen LogP contribution in [0.2, 0.25) is 0 Å². The Balaban J connectivity index is 1.77. The normalized spacial score (nSPS) is 17.4. The number of H-pyrrole nitrogens is 1. The number of piperidine rings is 1. The standard InChI is InChI=1S/C18H23N5O2/c1-3-5-15(24)23-8-4-6-14(11-23)22-18-16-13(7-9-25-2)10-19-17(16)20-12-21-18/h1,10,12,14H,4-9,11H2,2H3,(H2,19,20,21,22)/t14-/m1/s1. The molecule has 7 nitrogen and oxygen atoms in total. The van der Waals surface area contributed by atoms with Crippen molar-refractivity contribution in [1.82, 2.24) is 19.9 Å². The maximum atomic E-state index is 12.1. The van der Waals surface area contributed by atoms with E-state index in [-0.39, 0.29) is 18.4 Å². The Kier molecular flexibility index (Phi) is 5.51. The van der Waals surface area contributed by atoms with Crippen LogP contribution in [-0.4, -0.2) is 58.6 Å². The summed E-state index contributed by atoms with van der Waals surface area (Å²) in [5, 5.41) is 4.49. The quantitative estimate of drug-likeness (QED) is 0.780. The van der Waals surface area contributed by atoms with E-state index in [0.29, 0.717) is 13.2 Å². The van der Waals surface area contributed by atoms with Gasteiger partial charge in [0.05, 0.1) is 18.4 Å². The summed E-state index contributed by atoms with van der Waals surface area (Å²) >= 11 is 0. The summed E-state index contributed by atoms with van der Waals surface area (Å²) in [4.78, 5) is 25.8. The fraction of sp³-hybridized carbons (Fsp3) is 0.500. The van der Waals surface area contributed by atoms with Gasteiger partial charge in [0.1, 0.15) is 17.8 Å². The van der Waals surface area contributed by atoms with E-state index >= 15 is 0 Å². The molecule has 1 aliphatic heterocycles. The number of nitrogens with one attached hydrogen (secondary N) is 2. The van der Waals surface area contributed by atoms with Gasteiger partial charge >= 0.3 is 0 Å². The number of terminal acetylenes is 1. The molecule has 1 aliphatic rings. The summed E-state index contributed by atoms with van der Waals surface area (Å²) in [5.74, 6) is 3.25. The first-order valence-corrected chi connectivity index (χ1v) is 8.50. The van der Waals surface area contributed by atoms with Gasteiger partial charge in [-0.1, -0.05) is 5.92 Å². The van der Waals surface area contributed by atoms with Crippen LogP contribution >= 0.6 is 0 Å². The van der Waals surface area contributed by atoms with Crippen molar-refractivity contribution in [2.45, 2.75) is 31.7 Å². The van der Waals surface area contributed by atoms with E-state index in [0.717, 1.165) is 48.2 Å². The molecule has 0 bridgehead atoms. The second-order valence-corrected chi connectivity index (χ2v) is 6.21. The first-order chi connectivity index (χ1) is 12.2. The van der Waals surface area contributed by atoms with Gasteiger partial charge in [-0.25, -0.2) is 9.97 Å². The lowest BCUT2D eigenvalue weighted by atomic mass is 10.0. The fourth-order valence-electron chi connectivity index (χ4n) is 3.26. The lowest BCUT2D eigenvalue weighted by Gasteiger charge is -2.33. The second kappa shape index (κ2) is 7.99. The molecule has 3 heterocycles. The van der Waals surface area contributed by atoms with Gasteiger partial charge in [0.25, 0.3) is 0 Å². The SMILES string of the molecule is C#CCC(=O)N1CCC[C@@H](Nc2ncnc3[nH]cc(CCOC)c23)C1. The summed E-state index contributed by atoms with van der Waals surface area (Å²) in [6.07, 6.45) is 11.6. The summed E-state index contributed by atoms with van der Waals surface area (Å²) in [7, 11) is 1.69. The number of rotatable bonds is 6. The average molecular weight is 341 g/mol. The van der Waals surface area contributed by atoms with Crippen LogP contribution in [0.25, 0.3) is 11.0 Å². The number of hydrogen-bond acceptors (Lipinski definition) is 5. The minimum absolute atomic E-state index is 0.0178. The van der Waals surface area contributed by atoms with Gasteiger partial charge in [0.15, 0.2) is 0 Å². The van der Waals surface area contributed by atoms with Crippen LogP contribution in [0.5, 0.6) is 0 Å². The van der Waals surface area contributed by atoms with Crippen molar-refractivity contribution in [3.63, 3.8) is 0 Å². The van der Waals surface area contributed by atoms with Gasteiger partial charge in [0, 0.05) is 32.4 Å². The minimum atomic E-state index is 0.0178. The predicted octanol–water partition coefficient (Wildman–Crippen LogP) is 1.57. The van der Waals surface area contributed by atoms with Crippen LogP contribution in [0, 0.1) is 12.3 Å². The van der Waals surface area contributed by atoms with Crippen LogP contribution in [0.15, 0.2) is 12.5 Å².